The van der Waals surface area contributed by atoms with Crippen molar-refractivity contribution in [3.63, 3.8) is 0 Å². The summed E-state index contributed by atoms with van der Waals surface area (Å²) in [5.41, 5.74) is 7.85. The molecule has 3 saturated heterocycles. The Morgan fingerprint density at radius 1 is 1.17 bits per heavy atom. The summed E-state index contributed by atoms with van der Waals surface area (Å²) in [5, 5.41) is 6.13. The van der Waals surface area contributed by atoms with Gasteiger partial charge in [0.15, 0.2) is 0 Å². The standard InChI is InChI=1S/C26H37N7O2/c1-19-15-31(16-21(19)14-27)10-6-20-2-4-22(5-3-20)33-11-7-23(30-25(33)35)29-24(34)32-12-8-26(9-13-32)17-28-18-26/h2-5,7,11,19,21,28H,6,8-10,12-18,27H2,1H3,(H,29,30,34,35)/t19-,21?/m1/s1. The predicted molar refractivity (Wildman–Crippen MR) is 137 cm³/mol. The largest absolute Gasteiger partial charge is 0.354 e. The molecule has 2 amide bonds. The Kier molecular flexibility index (Phi) is 6.91. The minimum atomic E-state index is -0.410. The van der Waals surface area contributed by atoms with Crippen LogP contribution in [0.1, 0.15) is 25.3 Å². The molecule has 1 aromatic carbocycles. The lowest BCUT2D eigenvalue weighted by molar-refractivity contribution is 0.0718. The molecule has 2 aromatic rings. The van der Waals surface area contributed by atoms with Gasteiger partial charge in [-0.05, 0) is 66.8 Å². The third-order valence-corrected chi connectivity index (χ3v) is 8.23. The highest BCUT2D eigenvalue weighted by Gasteiger charge is 2.40. The molecule has 1 spiro atoms. The Bertz CT molecular complexity index is 1090. The zero-order chi connectivity index (χ0) is 24.4. The van der Waals surface area contributed by atoms with Crippen LogP contribution >= 0.6 is 0 Å². The molecule has 1 aromatic heterocycles. The number of rotatable bonds is 6. The number of benzene rings is 1. The number of nitrogens with one attached hydrogen (secondary N) is 2. The number of aromatic nitrogens is 2. The van der Waals surface area contributed by atoms with Crippen LogP contribution in [-0.2, 0) is 6.42 Å². The summed E-state index contributed by atoms with van der Waals surface area (Å²) in [6.45, 7) is 9.83. The molecule has 1 unspecified atom stereocenters. The Morgan fingerprint density at radius 3 is 2.51 bits per heavy atom. The van der Waals surface area contributed by atoms with Gasteiger partial charge in [-0.2, -0.15) is 4.98 Å². The van der Waals surface area contributed by atoms with Crippen LogP contribution in [0, 0.1) is 17.3 Å². The van der Waals surface area contributed by atoms with Crippen LogP contribution in [0.15, 0.2) is 41.3 Å². The molecule has 188 valence electrons. The van der Waals surface area contributed by atoms with Gasteiger partial charge in [0, 0.05) is 52.0 Å². The fourth-order valence-corrected chi connectivity index (χ4v) is 5.62. The molecule has 9 nitrogen and oxygen atoms in total. The van der Waals surface area contributed by atoms with E-state index in [-0.39, 0.29) is 11.8 Å². The number of urea groups is 1. The van der Waals surface area contributed by atoms with E-state index in [1.54, 1.807) is 12.3 Å². The monoisotopic (exact) mass is 479 g/mol. The summed E-state index contributed by atoms with van der Waals surface area (Å²) < 4.78 is 1.50. The number of carbonyl (C=O) groups is 1. The fourth-order valence-electron chi connectivity index (χ4n) is 5.62. The summed E-state index contributed by atoms with van der Waals surface area (Å²) in [5.74, 6) is 1.54. The van der Waals surface area contributed by atoms with E-state index in [9.17, 15) is 9.59 Å². The highest BCUT2D eigenvalue weighted by atomic mass is 16.2. The lowest BCUT2D eigenvalue weighted by Gasteiger charge is -2.48. The van der Waals surface area contributed by atoms with Gasteiger partial charge in [-0.25, -0.2) is 9.59 Å². The van der Waals surface area contributed by atoms with Crippen molar-refractivity contribution in [3.05, 3.63) is 52.6 Å². The molecule has 0 saturated carbocycles. The molecule has 2 atom stereocenters. The van der Waals surface area contributed by atoms with Crippen molar-refractivity contribution in [2.45, 2.75) is 26.2 Å². The number of carbonyl (C=O) groups excluding carboxylic acids is 1. The fraction of sp³-hybridized carbons (Fsp3) is 0.577. The van der Waals surface area contributed by atoms with Crippen LogP contribution in [-0.4, -0.2) is 77.7 Å². The molecule has 0 aliphatic carbocycles. The second kappa shape index (κ2) is 10.1. The molecule has 3 aliphatic heterocycles. The van der Waals surface area contributed by atoms with E-state index in [2.05, 4.69) is 39.6 Å². The molecule has 5 rings (SSSR count). The van der Waals surface area contributed by atoms with Crippen molar-refractivity contribution in [3.8, 4) is 5.69 Å². The molecular weight excluding hydrogens is 442 g/mol. The normalized spacial score (nSPS) is 23.9. The smallest absolute Gasteiger partial charge is 0.330 e. The van der Waals surface area contributed by atoms with E-state index in [1.165, 1.54) is 10.1 Å². The van der Waals surface area contributed by atoms with E-state index >= 15 is 0 Å². The number of anilines is 1. The highest BCUT2D eigenvalue weighted by Crippen LogP contribution is 2.35. The minimum Gasteiger partial charge on any atom is -0.330 e. The van der Waals surface area contributed by atoms with Crippen LogP contribution in [0.2, 0.25) is 0 Å². The molecule has 9 heteroatoms. The number of amides is 2. The Balaban J connectivity index is 1.15. The highest BCUT2D eigenvalue weighted by molar-refractivity contribution is 5.88. The van der Waals surface area contributed by atoms with Crippen molar-refractivity contribution in [2.75, 3.05) is 57.7 Å². The second-order valence-electron chi connectivity index (χ2n) is 10.6. The van der Waals surface area contributed by atoms with Gasteiger partial charge < -0.3 is 20.9 Å². The van der Waals surface area contributed by atoms with Gasteiger partial charge in [0.2, 0.25) is 0 Å². The van der Waals surface area contributed by atoms with E-state index in [4.69, 9.17) is 5.73 Å². The molecule has 4 heterocycles. The zero-order valence-electron chi connectivity index (χ0n) is 20.6. The molecule has 3 fully saturated rings. The van der Waals surface area contributed by atoms with Gasteiger partial charge in [-0.15, -0.1) is 0 Å². The lowest BCUT2D eigenvalue weighted by atomic mass is 9.73. The first-order valence-corrected chi connectivity index (χ1v) is 12.8. The average Bonchev–Trinajstić information content (AvgIpc) is 3.22. The summed E-state index contributed by atoms with van der Waals surface area (Å²) in [4.78, 5) is 33.7. The number of piperidine rings is 1. The predicted octanol–water partition coefficient (Wildman–Crippen LogP) is 1.52. The van der Waals surface area contributed by atoms with Gasteiger partial charge in [0.25, 0.3) is 0 Å². The molecule has 0 radical (unpaired) electrons. The van der Waals surface area contributed by atoms with Crippen molar-refractivity contribution in [1.82, 2.24) is 24.7 Å². The Morgan fingerprint density at radius 2 is 1.91 bits per heavy atom. The summed E-state index contributed by atoms with van der Waals surface area (Å²) in [7, 11) is 0. The third kappa shape index (κ3) is 5.27. The third-order valence-electron chi connectivity index (χ3n) is 8.23. The van der Waals surface area contributed by atoms with Crippen LogP contribution in [0.3, 0.4) is 0 Å². The second-order valence-corrected chi connectivity index (χ2v) is 10.6. The summed E-state index contributed by atoms with van der Waals surface area (Å²) in [6, 6.07) is 9.52. The molecule has 0 bridgehead atoms. The first kappa shape index (κ1) is 24.0. The van der Waals surface area contributed by atoms with Crippen molar-refractivity contribution < 1.29 is 4.79 Å². The van der Waals surface area contributed by atoms with E-state index in [1.807, 2.05) is 17.0 Å². The van der Waals surface area contributed by atoms with Crippen molar-refractivity contribution in [2.24, 2.45) is 23.0 Å². The van der Waals surface area contributed by atoms with Crippen molar-refractivity contribution in [1.29, 1.82) is 0 Å². The number of hydrogen-bond donors (Lipinski definition) is 3. The van der Waals surface area contributed by atoms with Gasteiger partial charge in [-0.1, -0.05) is 19.1 Å². The van der Waals surface area contributed by atoms with E-state index in [0.29, 0.717) is 17.3 Å². The quantitative estimate of drug-likeness (QED) is 0.580. The zero-order valence-corrected chi connectivity index (χ0v) is 20.6. The maximum absolute atomic E-state index is 12.7. The molecule has 3 aliphatic rings. The van der Waals surface area contributed by atoms with Crippen LogP contribution < -0.4 is 22.1 Å². The maximum Gasteiger partial charge on any atom is 0.354 e. The lowest BCUT2D eigenvalue weighted by Crippen LogP contribution is -2.59. The van der Waals surface area contributed by atoms with Gasteiger partial charge in [0.1, 0.15) is 5.82 Å². The Labute approximate surface area is 206 Å². The van der Waals surface area contributed by atoms with Gasteiger partial charge in [0.05, 0.1) is 5.69 Å². The van der Waals surface area contributed by atoms with Crippen LogP contribution in [0.4, 0.5) is 10.6 Å². The number of hydrogen-bond acceptors (Lipinski definition) is 6. The topological polar surface area (TPSA) is 109 Å². The molecular formula is C26H37N7O2. The van der Waals surface area contributed by atoms with Gasteiger partial charge >= 0.3 is 11.7 Å². The van der Waals surface area contributed by atoms with Gasteiger partial charge in [-0.3, -0.25) is 9.88 Å². The number of nitrogens with zero attached hydrogens (tertiary/aromatic N) is 4. The van der Waals surface area contributed by atoms with E-state index < -0.39 is 5.69 Å². The van der Waals surface area contributed by atoms with E-state index in [0.717, 1.165) is 77.3 Å². The number of likely N-dealkylation sites (tertiary alicyclic amines) is 2. The number of nitrogens with two attached hydrogens (primary N) is 1. The van der Waals surface area contributed by atoms with Crippen LogP contribution in [0.5, 0.6) is 0 Å². The van der Waals surface area contributed by atoms with Crippen LogP contribution in [0.25, 0.3) is 5.69 Å². The first-order valence-electron chi connectivity index (χ1n) is 12.8. The minimum absolute atomic E-state index is 0.189. The summed E-state index contributed by atoms with van der Waals surface area (Å²) >= 11 is 0. The average molecular weight is 480 g/mol. The first-order chi connectivity index (χ1) is 16.9. The summed E-state index contributed by atoms with van der Waals surface area (Å²) in [6.07, 6.45) is 4.67. The van der Waals surface area contributed by atoms with Crippen molar-refractivity contribution >= 4 is 11.8 Å². The molecule has 4 N–H and O–H groups in total. The Hall–Kier alpha value is -2.75. The SMILES string of the molecule is C[C@@H]1CN(CCc2ccc(-n3ccc(NC(=O)N4CCC5(CC4)CNC5)nc3=O)cc2)CC1CN. The molecule has 35 heavy (non-hydrogen) atoms. The maximum atomic E-state index is 12.7.